The molecular weight excluding hydrogens is 220 g/mol. The third kappa shape index (κ3) is 2.85. The van der Waals surface area contributed by atoms with Gasteiger partial charge in [0.1, 0.15) is 0 Å². The van der Waals surface area contributed by atoms with Gasteiger partial charge in [-0.15, -0.1) is 0 Å². The van der Waals surface area contributed by atoms with Gasteiger partial charge in [-0.3, -0.25) is 4.90 Å². The molecule has 2 heterocycles. The van der Waals surface area contributed by atoms with Crippen molar-refractivity contribution in [1.29, 1.82) is 0 Å². The Morgan fingerprint density at radius 3 is 3.12 bits per heavy atom. The second kappa shape index (κ2) is 5.31. The Morgan fingerprint density at radius 2 is 2.47 bits per heavy atom. The largest absolute Gasteiger partial charge is 0.476 e. The molecule has 17 heavy (non-hydrogen) atoms. The standard InChI is InChI=1S/C12H18N2O3/c1-2-9-5-3-4-6-14(9)8-10-7-11(12(15)16)13-17-10/h7,9H,2-6,8H2,1H3,(H,15,16). The molecule has 0 saturated carbocycles. The molecule has 0 aliphatic carbocycles. The lowest BCUT2D eigenvalue weighted by Gasteiger charge is -2.34. The highest BCUT2D eigenvalue weighted by atomic mass is 16.5. The summed E-state index contributed by atoms with van der Waals surface area (Å²) in [7, 11) is 0. The normalized spacial score (nSPS) is 21.6. The Balaban J connectivity index is 2.00. The highest BCUT2D eigenvalue weighted by Gasteiger charge is 2.22. The van der Waals surface area contributed by atoms with E-state index in [4.69, 9.17) is 9.63 Å². The Kier molecular flexibility index (Phi) is 3.78. The molecule has 1 unspecified atom stereocenters. The molecule has 1 saturated heterocycles. The first-order valence-corrected chi connectivity index (χ1v) is 6.13. The summed E-state index contributed by atoms with van der Waals surface area (Å²) in [5.41, 5.74) is -0.00921. The molecule has 1 aliphatic rings. The maximum atomic E-state index is 10.7. The molecule has 0 amide bonds. The number of aromatic nitrogens is 1. The second-order valence-electron chi connectivity index (χ2n) is 4.51. The van der Waals surface area contributed by atoms with Crippen molar-refractivity contribution in [2.24, 2.45) is 0 Å². The van der Waals surface area contributed by atoms with E-state index in [1.165, 1.54) is 25.3 Å². The maximum absolute atomic E-state index is 10.7. The van der Waals surface area contributed by atoms with Gasteiger partial charge < -0.3 is 9.63 Å². The summed E-state index contributed by atoms with van der Waals surface area (Å²) >= 11 is 0. The fourth-order valence-electron chi connectivity index (χ4n) is 2.42. The van der Waals surface area contributed by atoms with Crippen LogP contribution in [0.2, 0.25) is 0 Å². The van der Waals surface area contributed by atoms with Crippen LogP contribution in [0.4, 0.5) is 0 Å². The number of likely N-dealkylation sites (tertiary alicyclic amines) is 1. The summed E-state index contributed by atoms with van der Waals surface area (Å²) in [6.45, 7) is 3.91. The zero-order chi connectivity index (χ0) is 12.3. The average molecular weight is 238 g/mol. The number of carboxylic acids is 1. The summed E-state index contributed by atoms with van der Waals surface area (Å²) in [6.07, 6.45) is 4.83. The summed E-state index contributed by atoms with van der Waals surface area (Å²) < 4.78 is 5.05. The van der Waals surface area contributed by atoms with E-state index in [0.717, 1.165) is 13.0 Å². The van der Waals surface area contributed by atoms with Crippen LogP contribution in [0.1, 0.15) is 48.9 Å². The smallest absolute Gasteiger partial charge is 0.358 e. The van der Waals surface area contributed by atoms with Gasteiger partial charge in [0.2, 0.25) is 0 Å². The van der Waals surface area contributed by atoms with Crippen molar-refractivity contribution in [2.45, 2.75) is 45.2 Å². The first-order valence-electron chi connectivity index (χ1n) is 6.13. The topological polar surface area (TPSA) is 66.6 Å². The Bertz CT molecular complexity index is 389. The Morgan fingerprint density at radius 1 is 1.65 bits per heavy atom. The number of piperidine rings is 1. The predicted octanol–water partition coefficient (Wildman–Crippen LogP) is 2.14. The highest BCUT2D eigenvalue weighted by molar-refractivity contribution is 5.85. The number of hydrogen-bond acceptors (Lipinski definition) is 4. The Labute approximate surface area is 100 Å². The van der Waals surface area contributed by atoms with E-state index in [0.29, 0.717) is 18.3 Å². The van der Waals surface area contributed by atoms with Gasteiger partial charge in [-0.2, -0.15) is 0 Å². The van der Waals surface area contributed by atoms with Crippen LogP contribution in [0.25, 0.3) is 0 Å². The lowest BCUT2D eigenvalue weighted by atomic mass is 10.00. The van der Waals surface area contributed by atoms with Crippen LogP contribution in [0.5, 0.6) is 0 Å². The average Bonchev–Trinajstić information content (AvgIpc) is 2.78. The molecule has 1 fully saturated rings. The van der Waals surface area contributed by atoms with Crippen LogP contribution >= 0.6 is 0 Å². The van der Waals surface area contributed by atoms with Gasteiger partial charge in [-0.1, -0.05) is 18.5 Å². The van der Waals surface area contributed by atoms with Gasteiger partial charge in [-0.05, 0) is 25.8 Å². The van der Waals surface area contributed by atoms with Crippen LogP contribution in [0.15, 0.2) is 10.6 Å². The van der Waals surface area contributed by atoms with Gasteiger partial charge in [-0.25, -0.2) is 4.79 Å². The first-order chi connectivity index (χ1) is 8.20. The van der Waals surface area contributed by atoms with Gasteiger partial charge in [0, 0.05) is 12.1 Å². The molecule has 5 heteroatoms. The summed E-state index contributed by atoms with van der Waals surface area (Å²) in [4.78, 5) is 13.0. The minimum absolute atomic E-state index is 0.00921. The van der Waals surface area contributed by atoms with E-state index in [1.807, 2.05) is 0 Å². The minimum Gasteiger partial charge on any atom is -0.476 e. The molecule has 1 aliphatic heterocycles. The molecule has 0 spiro atoms. The zero-order valence-corrected chi connectivity index (χ0v) is 10.1. The number of rotatable bonds is 4. The molecular formula is C12H18N2O3. The minimum atomic E-state index is -1.04. The van der Waals surface area contributed by atoms with E-state index < -0.39 is 5.97 Å². The van der Waals surface area contributed by atoms with E-state index in [9.17, 15) is 4.79 Å². The second-order valence-corrected chi connectivity index (χ2v) is 4.51. The predicted molar refractivity (Wildman–Crippen MR) is 61.8 cm³/mol. The van der Waals surface area contributed by atoms with Crippen molar-refractivity contribution in [3.8, 4) is 0 Å². The summed E-state index contributed by atoms with van der Waals surface area (Å²) in [5.74, 6) is -0.395. The lowest BCUT2D eigenvalue weighted by molar-refractivity contribution is 0.0685. The zero-order valence-electron chi connectivity index (χ0n) is 10.1. The fraction of sp³-hybridized carbons (Fsp3) is 0.667. The quantitative estimate of drug-likeness (QED) is 0.870. The van der Waals surface area contributed by atoms with Crippen LogP contribution in [0.3, 0.4) is 0 Å². The van der Waals surface area contributed by atoms with Gasteiger partial charge >= 0.3 is 5.97 Å². The van der Waals surface area contributed by atoms with Crippen molar-refractivity contribution in [3.05, 3.63) is 17.5 Å². The van der Waals surface area contributed by atoms with E-state index >= 15 is 0 Å². The van der Waals surface area contributed by atoms with Crippen molar-refractivity contribution >= 4 is 5.97 Å². The van der Waals surface area contributed by atoms with Gasteiger partial charge in [0.15, 0.2) is 11.5 Å². The maximum Gasteiger partial charge on any atom is 0.358 e. The first kappa shape index (κ1) is 12.1. The molecule has 0 bridgehead atoms. The third-order valence-electron chi connectivity index (χ3n) is 3.36. The third-order valence-corrected chi connectivity index (χ3v) is 3.36. The molecule has 94 valence electrons. The molecule has 1 N–H and O–H groups in total. The molecule has 5 nitrogen and oxygen atoms in total. The van der Waals surface area contributed by atoms with Crippen LogP contribution in [0, 0.1) is 0 Å². The highest BCUT2D eigenvalue weighted by Crippen LogP contribution is 2.21. The van der Waals surface area contributed by atoms with Gasteiger partial charge in [0.25, 0.3) is 0 Å². The number of carbonyl (C=O) groups is 1. The van der Waals surface area contributed by atoms with Gasteiger partial charge in [0.05, 0.1) is 6.54 Å². The number of hydrogen-bond donors (Lipinski definition) is 1. The number of aromatic carboxylic acids is 1. The van der Waals surface area contributed by atoms with Crippen molar-refractivity contribution in [1.82, 2.24) is 10.1 Å². The molecule has 1 aromatic heterocycles. The van der Waals surface area contributed by atoms with Crippen LogP contribution < -0.4 is 0 Å². The van der Waals surface area contributed by atoms with Crippen molar-refractivity contribution < 1.29 is 14.4 Å². The lowest BCUT2D eigenvalue weighted by Crippen LogP contribution is -2.38. The molecule has 2 rings (SSSR count). The molecule has 1 aromatic rings. The van der Waals surface area contributed by atoms with Crippen molar-refractivity contribution in [2.75, 3.05) is 6.54 Å². The van der Waals surface area contributed by atoms with Crippen LogP contribution in [-0.4, -0.2) is 33.7 Å². The molecule has 0 aromatic carbocycles. The van der Waals surface area contributed by atoms with E-state index in [1.54, 1.807) is 0 Å². The van der Waals surface area contributed by atoms with E-state index in [-0.39, 0.29) is 5.69 Å². The summed E-state index contributed by atoms with van der Waals surface area (Å²) in [6, 6.07) is 2.10. The monoisotopic (exact) mass is 238 g/mol. The summed E-state index contributed by atoms with van der Waals surface area (Å²) in [5, 5.41) is 12.3. The number of carboxylic acid groups (broad SMARTS) is 1. The Hall–Kier alpha value is -1.36. The van der Waals surface area contributed by atoms with Crippen molar-refractivity contribution in [3.63, 3.8) is 0 Å². The SMILES string of the molecule is CCC1CCCCN1Cc1cc(C(=O)O)no1. The van der Waals surface area contributed by atoms with Crippen LogP contribution in [-0.2, 0) is 6.54 Å². The van der Waals surface area contributed by atoms with E-state index in [2.05, 4.69) is 17.0 Å². The molecule has 1 atom stereocenters. The molecule has 0 radical (unpaired) electrons. The number of nitrogens with zero attached hydrogens (tertiary/aromatic N) is 2. The fourth-order valence-corrected chi connectivity index (χ4v) is 2.42.